The van der Waals surface area contributed by atoms with E-state index in [1.54, 1.807) is 0 Å². The molecule has 0 aromatic heterocycles. The van der Waals surface area contributed by atoms with Crippen molar-refractivity contribution < 1.29 is 0 Å². The highest BCUT2D eigenvalue weighted by atomic mass is 32.1. The molecule has 0 radical (unpaired) electrons. The van der Waals surface area contributed by atoms with Crippen LogP contribution >= 0.6 is 12.6 Å². The quantitative estimate of drug-likeness (QED) is 0.511. The van der Waals surface area contributed by atoms with Crippen molar-refractivity contribution in [1.82, 2.24) is 5.32 Å². The highest BCUT2D eigenvalue weighted by Gasteiger charge is 1.98. The molecule has 3 heteroatoms. The first-order valence-electron chi connectivity index (χ1n) is 4.40. The largest absolute Gasteiger partial charge is 0.398 e. The molecule has 0 heterocycles. The molecular formula is C10H16N2S. The Morgan fingerprint density at radius 1 is 1.46 bits per heavy atom. The van der Waals surface area contributed by atoms with E-state index in [4.69, 9.17) is 5.73 Å². The van der Waals surface area contributed by atoms with Crippen molar-refractivity contribution in [3.8, 4) is 0 Å². The molecule has 1 aromatic carbocycles. The minimum Gasteiger partial charge on any atom is -0.398 e. The Bertz CT molecular complexity index is 284. The lowest BCUT2D eigenvalue weighted by Gasteiger charge is -2.09. The van der Waals surface area contributed by atoms with Crippen LogP contribution < -0.4 is 11.1 Å². The molecule has 0 amide bonds. The van der Waals surface area contributed by atoms with E-state index < -0.39 is 0 Å². The highest BCUT2D eigenvalue weighted by molar-refractivity contribution is 7.80. The molecule has 0 spiro atoms. The van der Waals surface area contributed by atoms with Crippen molar-refractivity contribution in [3.05, 3.63) is 23.8 Å². The van der Waals surface area contributed by atoms with Crippen molar-refractivity contribution in [3.63, 3.8) is 0 Å². The van der Waals surface area contributed by atoms with Gasteiger partial charge < -0.3 is 11.1 Å². The van der Waals surface area contributed by atoms with E-state index in [0.29, 0.717) is 6.04 Å². The summed E-state index contributed by atoms with van der Waals surface area (Å²) in [4.78, 5) is 0.850. The van der Waals surface area contributed by atoms with Gasteiger partial charge in [0.15, 0.2) is 0 Å². The lowest BCUT2D eigenvalue weighted by atomic mass is 10.2. The summed E-state index contributed by atoms with van der Waals surface area (Å²) in [7, 11) is 0. The molecule has 13 heavy (non-hydrogen) atoms. The molecule has 0 bridgehead atoms. The van der Waals surface area contributed by atoms with Gasteiger partial charge in [-0.3, -0.25) is 0 Å². The zero-order valence-electron chi connectivity index (χ0n) is 8.04. The van der Waals surface area contributed by atoms with Crippen LogP contribution in [0.1, 0.15) is 19.4 Å². The Morgan fingerprint density at radius 3 is 2.69 bits per heavy atom. The number of rotatable bonds is 3. The topological polar surface area (TPSA) is 38.0 Å². The summed E-state index contributed by atoms with van der Waals surface area (Å²) in [5, 5.41) is 3.33. The van der Waals surface area contributed by atoms with Gasteiger partial charge in [0.25, 0.3) is 0 Å². The first-order chi connectivity index (χ1) is 6.09. The third kappa shape index (κ3) is 3.28. The second kappa shape index (κ2) is 4.53. The molecule has 0 aliphatic heterocycles. The Labute approximate surface area is 84.9 Å². The maximum absolute atomic E-state index is 5.65. The van der Waals surface area contributed by atoms with E-state index in [2.05, 4.69) is 31.8 Å². The van der Waals surface area contributed by atoms with Crippen molar-refractivity contribution >= 4 is 18.3 Å². The van der Waals surface area contributed by atoms with Gasteiger partial charge in [-0.05, 0) is 17.7 Å². The van der Waals surface area contributed by atoms with E-state index in [-0.39, 0.29) is 0 Å². The van der Waals surface area contributed by atoms with Crippen molar-refractivity contribution in [2.24, 2.45) is 0 Å². The minimum atomic E-state index is 0.501. The SMILES string of the molecule is CC(C)NCc1ccc(N)c(S)c1. The molecule has 0 aliphatic carbocycles. The maximum Gasteiger partial charge on any atom is 0.0449 e. The maximum atomic E-state index is 5.65. The molecule has 0 atom stereocenters. The number of anilines is 1. The van der Waals surface area contributed by atoms with Crippen LogP contribution in [0.3, 0.4) is 0 Å². The zero-order valence-corrected chi connectivity index (χ0v) is 8.94. The normalized spacial score (nSPS) is 10.8. The number of hydrogen-bond donors (Lipinski definition) is 3. The average molecular weight is 196 g/mol. The number of thiol groups is 1. The van der Waals surface area contributed by atoms with Gasteiger partial charge in [0.1, 0.15) is 0 Å². The van der Waals surface area contributed by atoms with Gasteiger partial charge in [0.2, 0.25) is 0 Å². The number of benzene rings is 1. The summed E-state index contributed by atoms with van der Waals surface area (Å²) in [6, 6.07) is 6.40. The number of nitrogens with one attached hydrogen (secondary N) is 1. The van der Waals surface area contributed by atoms with Gasteiger partial charge in [0, 0.05) is 23.2 Å². The minimum absolute atomic E-state index is 0.501. The van der Waals surface area contributed by atoms with Gasteiger partial charge >= 0.3 is 0 Å². The summed E-state index contributed by atoms with van der Waals surface area (Å²) in [5.74, 6) is 0. The van der Waals surface area contributed by atoms with Crippen LogP contribution in [0, 0.1) is 0 Å². The van der Waals surface area contributed by atoms with Crippen LogP contribution in [0.4, 0.5) is 5.69 Å². The fraction of sp³-hybridized carbons (Fsp3) is 0.400. The van der Waals surface area contributed by atoms with Crippen LogP contribution in [0.25, 0.3) is 0 Å². The Morgan fingerprint density at radius 2 is 2.15 bits per heavy atom. The summed E-state index contributed by atoms with van der Waals surface area (Å²) >= 11 is 4.26. The standard InChI is InChI=1S/C10H16N2S/c1-7(2)12-6-8-3-4-9(11)10(13)5-8/h3-5,7,12-13H,6,11H2,1-2H3. The van der Waals surface area contributed by atoms with Gasteiger partial charge in [-0.15, -0.1) is 12.6 Å². The molecule has 72 valence electrons. The van der Waals surface area contributed by atoms with Gasteiger partial charge in [-0.2, -0.15) is 0 Å². The van der Waals surface area contributed by atoms with Gasteiger partial charge in [-0.1, -0.05) is 19.9 Å². The molecule has 0 aliphatic rings. The number of hydrogen-bond acceptors (Lipinski definition) is 3. The first kappa shape index (κ1) is 10.4. The Kier molecular flexibility index (Phi) is 3.63. The lowest BCUT2D eigenvalue weighted by Crippen LogP contribution is -2.21. The predicted octanol–water partition coefficient (Wildman–Crippen LogP) is 2.06. The van der Waals surface area contributed by atoms with Gasteiger partial charge in [-0.25, -0.2) is 0 Å². The van der Waals surface area contributed by atoms with Crippen LogP contribution in [-0.2, 0) is 6.54 Å². The van der Waals surface area contributed by atoms with E-state index in [9.17, 15) is 0 Å². The molecular weight excluding hydrogens is 180 g/mol. The Hall–Kier alpha value is -0.670. The number of nitrogen functional groups attached to an aromatic ring is 1. The Balaban J connectivity index is 2.63. The number of nitrogens with two attached hydrogens (primary N) is 1. The zero-order chi connectivity index (χ0) is 9.84. The second-order valence-electron chi connectivity index (χ2n) is 3.43. The molecule has 1 rings (SSSR count). The van der Waals surface area contributed by atoms with Crippen molar-refractivity contribution in [1.29, 1.82) is 0 Å². The summed E-state index contributed by atoms with van der Waals surface area (Å²) in [5.41, 5.74) is 7.60. The summed E-state index contributed by atoms with van der Waals surface area (Å²) < 4.78 is 0. The monoisotopic (exact) mass is 196 g/mol. The van der Waals surface area contributed by atoms with E-state index in [1.165, 1.54) is 5.56 Å². The average Bonchev–Trinajstić information content (AvgIpc) is 2.07. The van der Waals surface area contributed by atoms with Crippen molar-refractivity contribution in [2.75, 3.05) is 5.73 Å². The summed E-state index contributed by atoms with van der Waals surface area (Å²) in [6.07, 6.45) is 0. The molecule has 3 N–H and O–H groups in total. The molecule has 0 fully saturated rings. The van der Waals surface area contributed by atoms with E-state index in [0.717, 1.165) is 17.1 Å². The van der Waals surface area contributed by atoms with E-state index in [1.807, 2.05) is 18.2 Å². The molecule has 2 nitrogen and oxygen atoms in total. The van der Waals surface area contributed by atoms with Gasteiger partial charge in [0.05, 0.1) is 0 Å². The third-order valence-corrected chi connectivity index (χ3v) is 2.20. The molecule has 0 saturated heterocycles. The molecule has 0 saturated carbocycles. The molecule has 1 aromatic rings. The van der Waals surface area contributed by atoms with Crippen LogP contribution in [-0.4, -0.2) is 6.04 Å². The summed E-state index contributed by atoms with van der Waals surface area (Å²) in [6.45, 7) is 5.11. The van der Waals surface area contributed by atoms with Crippen LogP contribution in [0.5, 0.6) is 0 Å². The highest BCUT2D eigenvalue weighted by Crippen LogP contribution is 2.17. The van der Waals surface area contributed by atoms with Crippen molar-refractivity contribution in [2.45, 2.75) is 31.3 Å². The lowest BCUT2D eigenvalue weighted by molar-refractivity contribution is 0.588. The first-order valence-corrected chi connectivity index (χ1v) is 4.85. The van der Waals surface area contributed by atoms with Crippen LogP contribution in [0.15, 0.2) is 23.1 Å². The fourth-order valence-corrected chi connectivity index (χ4v) is 1.26. The van der Waals surface area contributed by atoms with E-state index >= 15 is 0 Å². The smallest absolute Gasteiger partial charge is 0.0449 e. The van der Waals surface area contributed by atoms with Crippen LogP contribution in [0.2, 0.25) is 0 Å². The second-order valence-corrected chi connectivity index (χ2v) is 3.91. The molecule has 0 unspecified atom stereocenters. The predicted molar refractivity (Wildman–Crippen MR) is 60.1 cm³/mol. The third-order valence-electron chi connectivity index (χ3n) is 1.81. The fourth-order valence-electron chi connectivity index (χ4n) is 1.02.